The average Bonchev–Trinajstić information content (AvgIpc) is 2.87. The summed E-state index contributed by atoms with van der Waals surface area (Å²) in [6, 6.07) is 11.5. The molecule has 1 heterocycles. The van der Waals surface area contributed by atoms with Crippen LogP contribution >= 0.6 is 0 Å². The molecule has 1 aromatic heterocycles. The molecule has 5 nitrogen and oxygen atoms in total. The van der Waals surface area contributed by atoms with E-state index in [0.717, 1.165) is 11.4 Å². The predicted molar refractivity (Wildman–Crippen MR) is 72.1 cm³/mol. The number of para-hydroxylation sites is 1. The monoisotopic (exact) mass is 259 g/mol. The number of hydrogen-bond donors (Lipinski definition) is 2. The minimum Gasteiger partial charge on any atom is -0.481 e. The lowest BCUT2D eigenvalue weighted by Gasteiger charge is -2.21. The SMILES string of the molecule is CC(CN)(Cc1ccn(-c2ccccc2)n1)C(=O)O. The first-order valence-electron chi connectivity index (χ1n) is 6.08. The highest BCUT2D eigenvalue weighted by Crippen LogP contribution is 2.21. The molecule has 0 amide bonds. The minimum atomic E-state index is -0.976. The second-order valence-corrected chi connectivity index (χ2v) is 4.83. The average molecular weight is 259 g/mol. The Morgan fingerprint density at radius 2 is 2.05 bits per heavy atom. The van der Waals surface area contributed by atoms with Gasteiger partial charge in [-0.05, 0) is 25.1 Å². The van der Waals surface area contributed by atoms with Crippen LogP contribution in [0.4, 0.5) is 0 Å². The molecule has 0 spiro atoms. The summed E-state index contributed by atoms with van der Waals surface area (Å²) in [5.74, 6) is -0.899. The van der Waals surface area contributed by atoms with E-state index >= 15 is 0 Å². The van der Waals surface area contributed by atoms with Gasteiger partial charge in [-0.15, -0.1) is 0 Å². The molecule has 5 heteroatoms. The molecule has 2 rings (SSSR count). The van der Waals surface area contributed by atoms with Crippen LogP contribution in [0.3, 0.4) is 0 Å². The molecular weight excluding hydrogens is 242 g/mol. The molecule has 19 heavy (non-hydrogen) atoms. The van der Waals surface area contributed by atoms with Crippen molar-refractivity contribution in [3.63, 3.8) is 0 Å². The predicted octanol–water partition coefficient (Wildman–Crippen LogP) is 1.46. The van der Waals surface area contributed by atoms with Gasteiger partial charge in [0.2, 0.25) is 0 Å². The number of aliphatic carboxylic acids is 1. The van der Waals surface area contributed by atoms with E-state index in [1.165, 1.54) is 0 Å². The van der Waals surface area contributed by atoms with Crippen molar-refractivity contribution in [2.24, 2.45) is 11.1 Å². The van der Waals surface area contributed by atoms with E-state index in [1.54, 1.807) is 11.6 Å². The maximum atomic E-state index is 11.2. The Labute approximate surface area is 111 Å². The van der Waals surface area contributed by atoms with E-state index < -0.39 is 11.4 Å². The molecule has 0 radical (unpaired) electrons. The summed E-state index contributed by atoms with van der Waals surface area (Å²) in [6.45, 7) is 1.72. The van der Waals surface area contributed by atoms with Crippen LogP contribution < -0.4 is 5.73 Å². The van der Waals surface area contributed by atoms with E-state index in [2.05, 4.69) is 5.10 Å². The highest BCUT2D eigenvalue weighted by atomic mass is 16.4. The van der Waals surface area contributed by atoms with Gasteiger partial charge in [0.25, 0.3) is 0 Å². The quantitative estimate of drug-likeness (QED) is 0.851. The molecule has 0 aliphatic heterocycles. The van der Waals surface area contributed by atoms with Gasteiger partial charge in [-0.2, -0.15) is 5.10 Å². The Kier molecular flexibility index (Phi) is 3.66. The van der Waals surface area contributed by atoms with Crippen LogP contribution in [0.1, 0.15) is 12.6 Å². The lowest BCUT2D eigenvalue weighted by molar-refractivity contribution is -0.147. The normalized spacial score (nSPS) is 14.0. The number of rotatable bonds is 5. The molecule has 0 aliphatic rings. The minimum absolute atomic E-state index is 0.0839. The van der Waals surface area contributed by atoms with Gasteiger partial charge in [0.1, 0.15) is 0 Å². The van der Waals surface area contributed by atoms with E-state index in [4.69, 9.17) is 5.73 Å². The largest absolute Gasteiger partial charge is 0.481 e. The van der Waals surface area contributed by atoms with E-state index in [0.29, 0.717) is 6.42 Å². The lowest BCUT2D eigenvalue weighted by Crippen LogP contribution is -2.37. The fourth-order valence-electron chi connectivity index (χ4n) is 1.82. The first kappa shape index (κ1) is 13.3. The third-order valence-electron chi connectivity index (χ3n) is 3.20. The number of carboxylic acids is 1. The van der Waals surface area contributed by atoms with Gasteiger partial charge in [-0.3, -0.25) is 4.79 Å². The van der Waals surface area contributed by atoms with Crippen molar-refractivity contribution in [1.29, 1.82) is 0 Å². The van der Waals surface area contributed by atoms with Crippen molar-refractivity contribution >= 4 is 5.97 Å². The van der Waals surface area contributed by atoms with Crippen LogP contribution in [0.15, 0.2) is 42.6 Å². The smallest absolute Gasteiger partial charge is 0.311 e. The molecule has 100 valence electrons. The zero-order valence-electron chi connectivity index (χ0n) is 10.8. The lowest BCUT2D eigenvalue weighted by atomic mass is 9.86. The van der Waals surface area contributed by atoms with Gasteiger partial charge >= 0.3 is 5.97 Å². The van der Waals surface area contributed by atoms with Gasteiger partial charge < -0.3 is 10.8 Å². The standard InChI is InChI=1S/C14H17N3O2/c1-14(10-15,13(18)19)9-11-7-8-17(16-11)12-5-3-2-4-6-12/h2-8H,9-10,15H2,1H3,(H,18,19). The zero-order chi connectivity index (χ0) is 13.9. The van der Waals surface area contributed by atoms with Gasteiger partial charge in [0.15, 0.2) is 0 Å². The molecule has 0 saturated heterocycles. The molecule has 1 atom stereocenters. The van der Waals surface area contributed by atoms with E-state index in [9.17, 15) is 9.90 Å². The van der Waals surface area contributed by atoms with Gasteiger partial charge in [-0.25, -0.2) is 4.68 Å². The van der Waals surface area contributed by atoms with E-state index in [-0.39, 0.29) is 6.54 Å². The van der Waals surface area contributed by atoms with Crippen molar-refractivity contribution in [1.82, 2.24) is 9.78 Å². The molecule has 2 aromatic rings. The summed E-state index contributed by atoms with van der Waals surface area (Å²) in [7, 11) is 0. The summed E-state index contributed by atoms with van der Waals surface area (Å²) < 4.78 is 1.73. The van der Waals surface area contributed by atoms with Crippen molar-refractivity contribution in [3.05, 3.63) is 48.3 Å². The van der Waals surface area contributed by atoms with Gasteiger partial charge in [-0.1, -0.05) is 18.2 Å². The van der Waals surface area contributed by atoms with Crippen molar-refractivity contribution in [3.8, 4) is 5.69 Å². The molecule has 0 fully saturated rings. The number of nitrogens with two attached hydrogens (primary N) is 1. The third kappa shape index (κ3) is 2.82. The molecule has 3 N–H and O–H groups in total. The first-order valence-corrected chi connectivity index (χ1v) is 6.08. The number of nitrogens with zero attached hydrogens (tertiary/aromatic N) is 2. The fraction of sp³-hybridized carbons (Fsp3) is 0.286. The Balaban J connectivity index is 2.21. The van der Waals surface area contributed by atoms with Crippen LogP contribution in [-0.4, -0.2) is 27.4 Å². The van der Waals surface area contributed by atoms with Gasteiger partial charge in [0, 0.05) is 19.2 Å². The van der Waals surface area contributed by atoms with Gasteiger partial charge in [0.05, 0.1) is 16.8 Å². The Morgan fingerprint density at radius 3 is 2.63 bits per heavy atom. The summed E-state index contributed by atoms with van der Waals surface area (Å²) in [6.07, 6.45) is 2.14. The first-order chi connectivity index (χ1) is 9.05. The zero-order valence-corrected chi connectivity index (χ0v) is 10.8. The maximum absolute atomic E-state index is 11.2. The topological polar surface area (TPSA) is 81.1 Å². The number of benzene rings is 1. The molecule has 1 aromatic carbocycles. The van der Waals surface area contributed by atoms with E-state index in [1.807, 2.05) is 42.6 Å². The van der Waals surface area contributed by atoms with Crippen LogP contribution in [-0.2, 0) is 11.2 Å². The third-order valence-corrected chi connectivity index (χ3v) is 3.20. The Bertz CT molecular complexity index is 565. The number of aromatic nitrogens is 2. The second-order valence-electron chi connectivity index (χ2n) is 4.83. The highest BCUT2D eigenvalue weighted by Gasteiger charge is 2.32. The summed E-state index contributed by atoms with van der Waals surface area (Å²) in [4.78, 5) is 11.2. The van der Waals surface area contributed by atoms with Crippen LogP contribution in [0.5, 0.6) is 0 Å². The Hall–Kier alpha value is -2.14. The molecule has 0 bridgehead atoms. The number of hydrogen-bond acceptors (Lipinski definition) is 3. The van der Waals surface area contributed by atoms with Crippen LogP contribution in [0, 0.1) is 5.41 Å². The maximum Gasteiger partial charge on any atom is 0.311 e. The highest BCUT2D eigenvalue weighted by molar-refractivity contribution is 5.74. The summed E-state index contributed by atoms with van der Waals surface area (Å²) in [5.41, 5.74) is 6.25. The van der Waals surface area contributed by atoms with Crippen molar-refractivity contribution in [2.45, 2.75) is 13.3 Å². The van der Waals surface area contributed by atoms with Crippen molar-refractivity contribution < 1.29 is 9.90 Å². The fourth-order valence-corrected chi connectivity index (χ4v) is 1.82. The molecule has 0 saturated carbocycles. The Morgan fingerprint density at radius 1 is 1.37 bits per heavy atom. The molecular formula is C14H17N3O2. The number of carbonyl (C=O) groups is 1. The number of carboxylic acid groups (broad SMARTS) is 1. The second kappa shape index (κ2) is 5.24. The molecule has 1 unspecified atom stereocenters. The van der Waals surface area contributed by atoms with Crippen LogP contribution in [0.25, 0.3) is 5.69 Å². The summed E-state index contributed by atoms with van der Waals surface area (Å²) in [5, 5.41) is 13.6. The molecule has 0 aliphatic carbocycles. The van der Waals surface area contributed by atoms with Crippen molar-refractivity contribution in [2.75, 3.05) is 6.54 Å². The summed E-state index contributed by atoms with van der Waals surface area (Å²) >= 11 is 0. The van der Waals surface area contributed by atoms with Crippen LogP contribution in [0.2, 0.25) is 0 Å².